The lowest BCUT2D eigenvalue weighted by molar-refractivity contribution is -0.0149. The van der Waals surface area contributed by atoms with Crippen molar-refractivity contribution < 1.29 is 4.74 Å². The highest BCUT2D eigenvalue weighted by Crippen LogP contribution is 2.28. The van der Waals surface area contributed by atoms with Crippen LogP contribution < -0.4 is 5.32 Å². The van der Waals surface area contributed by atoms with E-state index in [2.05, 4.69) is 56.4 Å². The lowest BCUT2D eigenvalue weighted by Crippen LogP contribution is -2.36. The van der Waals surface area contributed by atoms with E-state index in [4.69, 9.17) is 4.74 Å². The zero-order chi connectivity index (χ0) is 13.0. The summed E-state index contributed by atoms with van der Waals surface area (Å²) in [6.45, 7) is 7.57. The summed E-state index contributed by atoms with van der Waals surface area (Å²) >= 11 is 0. The Hall–Kier alpha value is -0.860. The first kappa shape index (κ1) is 13.6. The zero-order valence-corrected chi connectivity index (χ0v) is 11.8. The van der Waals surface area contributed by atoms with E-state index in [1.807, 2.05) is 0 Å². The van der Waals surface area contributed by atoms with Crippen molar-refractivity contribution in [1.29, 1.82) is 0 Å². The van der Waals surface area contributed by atoms with Crippen molar-refractivity contribution in [3.8, 4) is 0 Å². The van der Waals surface area contributed by atoms with Crippen LogP contribution in [0.2, 0.25) is 0 Å². The van der Waals surface area contributed by atoms with Crippen molar-refractivity contribution in [3.63, 3.8) is 0 Å². The molecule has 1 aromatic carbocycles. The second kappa shape index (κ2) is 5.85. The van der Waals surface area contributed by atoms with Crippen LogP contribution in [0.4, 0.5) is 0 Å². The van der Waals surface area contributed by atoms with Crippen molar-refractivity contribution in [2.24, 2.45) is 0 Å². The van der Waals surface area contributed by atoms with Crippen LogP contribution in [0.3, 0.4) is 0 Å². The van der Waals surface area contributed by atoms with Gasteiger partial charge in [0.2, 0.25) is 0 Å². The SMILES string of the molecule is CC(Cc1ccccc1)NCC1CCC(C)(C)O1. The van der Waals surface area contributed by atoms with Gasteiger partial charge >= 0.3 is 0 Å². The molecule has 2 atom stereocenters. The molecule has 1 N–H and O–H groups in total. The number of hydrogen-bond acceptors (Lipinski definition) is 2. The molecule has 0 bridgehead atoms. The minimum atomic E-state index is 0.0784. The van der Waals surface area contributed by atoms with Crippen LogP contribution in [0.25, 0.3) is 0 Å². The average molecular weight is 247 g/mol. The van der Waals surface area contributed by atoms with Gasteiger partial charge in [-0.05, 0) is 45.6 Å². The molecule has 100 valence electrons. The van der Waals surface area contributed by atoms with Crippen molar-refractivity contribution in [2.45, 2.75) is 57.8 Å². The summed E-state index contributed by atoms with van der Waals surface area (Å²) in [5.74, 6) is 0. The van der Waals surface area contributed by atoms with Gasteiger partial charge in [0, 0.05) is 12.6 Å². The Morgan fingerprint density at radius 1 is 1.33 bits per heavy atom. The summed E-state index contributed by atoms with van der Waals surface area (Å²) in [7, 11) is 0. The van der Waals surface area contributed by atoms with Crippen LogP contribution in [-0.4, -0.2) is 24.3 Å². The van der Waals surface area contributed by atoms with Gasteiger partial charge in [-0.1, -0.05) is 30.3 Å². The highest BCUT2D eigenvalue weighted by molar-refractivity contribution is 5.15. The first-order valence-electron chi connectivity index (χ1n) is 7.00. The van der Waals surface area contributed by atoms with E-state index in [0.717, 1.165) is 13.0 Å². The van der Waals surface area contributed by atoms with Crippen LogP contribution in [0, 0.1) is 0 Å². The minimum absolute atomic E-state index is 0.0784. The molecule has 0 amide bonds. The molecule has 0 saturated carbocycles. The van der Waals surface area contributed by atoms with Gasteiger partial charge < -0.3 is 10.1 Å². The van der Waals surface area contributed by atoms with E-state index in [-0.39, 0.29) is 5.60 Å². The Morgan fingerprint density at radius 3 is 2.67 bits per heavy atom. The predicted molar refractivity (Wildman–Crippen MR) is 75.8 cm³/mol. The van der Waals surface area contributed by atoms with Gasteiger partial charge in [0.05, 0.1) is 11.7 Å². The van der Waals surface area contributed by atoms with Gasteiger partial charge in [0.1, 0.15) is 0 Å². The average Bonchev–Trinajstić information content (AvgIpc) is 2.68. The Labute approximate surface area is 111 Å². The standard InChI is InChI=1S/C16H25NO/c1-13(11-14-7-5-4-6-8-14)17-12-15-9-10-16(2,3)18-15/h4-8,13,15,17H,9-12H2,1-3H3. The summed E-state index contributed by atoms with van der Waals surface area (Å²) in [4.78, 5) is 0. The third-order valence-corrected chi connectivity index (χ3v) is 3.63. The number of nitrogens with one attached hydrogen (secondary N) is 1. The zero-order valence-electron chi connectivity index (χ0n) is 11.8. The molecule has 0 aliphatic carbocycles. The molecular weight excluding hydrogens is 222 g/mol. The fourth-order valence-electron chi connectivity index (χ4n) is 2.59. The van der Waals surface area contributed by atoms with Crippen LogP contribution in [0.15, 0.2) is 30.3 Å². The summed E-state index contributed by atoms with van der Waals surface area (Å²) in [6.07, 6.45) is 3.82. The topological polar surface area (TPSA) is 21.3 Å². The molecule has 1 aliphatic rings. The summed E-state index contributed by atoms with van der Waals surface area (Å²) < 4.78 is 5.99. The summed E-state index contributed by atoms with van der Waals surface area (Å²) in [6, 6.07) is 11.1. The molecule has 2 rings (SSSR count). The monoisotopic (exact) mass is 247 g/mol. The highest BCUT2D eigenvalue weighted by Gasteiger charge is 2.31. The van der Waals surface area contributed by atoms with Crippen molar-refractivity contribution >= 4 is 0 Å². The first-order chi connectivity index (χ1) is 8.55. The molecule has 0 aromatic heterocycles. The van der Waals surface area contributed by atoms with E-state index < -0.39 is 0 Å². The third-order valence-electron chi connectivity index (χ3n) is 3.63. The van der Waals surface area contributed by atoms with Crippen LogP contribution in [0.1, 0.15) is 39.2 Å². The quantitative estimate of drug-likeness (QED) is 0.863. The molecule has 2 heteroatoms. The molecule has 2 unspecified atom stereocenters. The molecule has 18 heavy (non-hydrogen) atoms. The van der Waals surface area contributed by atoms with Gasteiger partial charge in [0.25, 0.3) is 0 Å². The molecule has 0 radical (unpaired) electrons. The van der Waals surface area contributed by atoms with Crippen molar-refractivity contribution in [3.05, 3.63) is 35.9 Å². The second-order valence-electron chi connectivity index (χ2n) is 6.04. The molecule has 1 saturated heterocycles. The van der Waals surface area contributed by atoms with E-state index in [1.54, 1.807) is 0 Å². The second-order valence-corrected chi connectivity index (χ2v) is 6.04. The maximum atomic E-state index is 5.99. The fourth-order valence-corrected chi connectivity index (χ4v) is 2.59. The van der Waals surface area contributed by atoms with Crippen molar-refractivity contribution in [2.75, 3.05) is 6.54 Å². The maximum Gasteiger partial charge on any atom is 0.0707 e. The van der Waals surface area contributed by atoms with E-state index >= 15 is 0 Å². The van der Waals surface area contributed by atoms with Crippen LogP contribution in [-0.2, 0) is 11.2 Å². The minimum Gasteiger partial charge on any atom is -0.371 e. The van der Waals surface area contributed by atoms with Crippen molar-refractivity contribution in [1.82, 2.24) is 5.32 Å². The molecule has 0 spiro atoms. The van der Waals surface area contributed by atoms with Gasteiger partial charge in [-0.3, -0.25) is 0 Å². The van der Waals surface area contributed by atoms with E-state index in [0.29, 0.717) is 12.1 Å². The normalized spacial score (nSPS) is 24.1. The van der Waals surface area contributed by atoms with Gasteiger partial charge in [-0.2, -0.15) is 0 Å². The lowest BCUT2D eigenvalue weighted by atomic mass is 10.0. The number of ether oxygens (including phenoxy) is 1. The predicted octanol–water partition coefficient (Wildman–Crippen LogP) is 3.16. The molecule has 1 aromatic rings. The Morgan fingerprint density at radius 2 is 2.06 bits per heavy atom. The van der Waals surface area contributed by atoms with Gasteiger partial charge in [-0.15, -0.1) is 0 Å². The molecule has 1 heterocycles. The number of rotatable bonds is 5. The van der Waals surface area contributed by atoms with E-state index in [1.165, 1.54) is 18.4 Å². The third kappa shape index (κ3) is 4.11. The summed E-state index contributed by atoms with van der Waals surface area (Å²) in [5.41, 5.74) is 1.47. The molecule has 2 nitrogen and oxygen atoms in total. The van der Waals surface area contributed by atoms with Crippen LogP contribution >= 0.6 is 0 Å². The maximum absolute atomic E-state index is 5.99. The van der Waals surface area contributed by atoms with Gasteiger partial charge in [0.15, 0.2) is 0 Å². The summed E-state index contributed by atoms with van der Waals surface area (Å²) in [5, 5.41) is 3.59. The van der Waals surface area contributed by atoms with Gasteiger partial charge in [-0.25, -0.2) is 0 Å². The Kier molecular flexibility index (Phi) is 4.41. The number of hydrogen-bond donors (Lipinski definition) is 1. The Balaban J connectivity index is 1.71. The highest BCUT2D eigenvalue weighted by atomic mass is 16.5. The molecule has 1 fully saturated rings. The number of benzene rings is 1. The smallest absolute Gasteiger partial charge is 0.0707 e. The largest absolute Gasteiger partial charge is 0.371 e. The molecular formula is C16H25NO. The lowest BCUT2D eigenvalue weighted by Gasteiger charge is -2.21. The van der Waals surface area contributed by atoms with Crippen LogP contribution in [0.5, 0.6) is 0 Å². The van der Waals surface area contributed by atoms with E-state index in [9.17, 15) is 0 Å². The Bertz CT molecular complexity index is 361. The molecule has 1 aliphatic heterocycles. The fraction of sp³-hybridized carbons (Fsp3) is 0.625. The first-order valence-corrected chi connectivity index (χ1v) is 7.00.